The molecule has 2 heterocycles. The number of benzene rings is 3. The van der Waals surface area contributed by atoms with Gasteiger partial charge in [-0.25, -0.2) is 0 Å². The van der Waals surface area contributed by atoms with Gasteiger partial charge in [-0.1, -0.05) is 84.4 Å². The second-order valence-electron chi connectivity index (χ2n) is 9.14. The van der Waals surface area contributed by atoms with Crippen molar-refractivity contribution in [2.75, 3.05) is 0 Å². The molecule has 2 saturated heterocycles. The molecule has 3 aromatic carbocycles. The number of rotatable bonds is 3. The quantitative estimate of drug-likeness (QED) is 0.448. The molecular weight excluding hydrogens is 430 g/mol. The van der Waals surface area contributed by atoms with Crippen LogP contribution in [0.2, 0.25) is 0 Å². The van der Waals surface area contributed by atoms with Crippen molar-refractivity contribution < 1.29 is 23.9 Å². The van der Waals surface area contributed by atoms with Gasteiger partial charge in [0, 0.05) is 11.1 Å². The average molecular weight is 451 g/mol. The second-order valence-corrected chi connectivity index (χ2v) is 9.14. The fourth-order valence-corrected chi connectivity index (χ4v) is 5.56. The SMILES string of the molecule is Cc1ccc([C@H]2OC3(C(=O)c4ccccc4C3=O)[C@@H]3C(=O)N(Cc4ccccc4)C(=O)[C@H]23)cc1. The Hall–Kier alpha value is -3.90. The van der Waals surface area contributed by atoms with Crippen LogP contribution in [0.4, 0.5) is 0 Å². The van der Waals surface area contributed by atoms with Gasteiger partial charge in [0.2, 0.25) is 29.0 Å². The lowest BCUT2D eigenvalue weighted by Gasteiger charge is -2.27. The molecule has 3 aliphatic rings. The summed E-state index contributed by atoms with van der Waals surface area (Å²) in [5, 5.41) is 0. The van der Waals surface area contributed by atoms with Crippen LogP contribution in [0.5, 0.6) is 0 Å². The minimum absolute atomic E-state index is 0.0809. The molecule has 1 spiro atoms. The second kappa shape index (κ2) is 7.30. The normalized spacial score (nSPS) is 24.7. The molecule has 6 rings (SSSR count). The average Bonchev–Trinajstić information content (AvgIpc) is 3.41. The van der Waals surface area contributed by atoms with E-state index in [0.29, 0.717) is 5.56 Å². The first-order chi connectivity index (χ1) is 16.4. The van der Waals surface area contributed by atoms with E-state index < -0.39 is 46.9 Å². The molecule has 168 valence electrons. The van der Waals surface area contributed by atoms with Crippen molar-refractivity contribution in [1.29, 1.82) is 0 Å². The highest BCUT2D eigenvalue weighted by Gasteiger charge is 2.74. The Morgan fingerprint density at radius 1 is 0.765 bits per heavy atom. The number of aryl methyl sites for hydroxylation is 1. The highest BCUT2D eigenvalue weighted by molar-refractivity contribution is 6.35. The molecule has 1 aliphatic carbocycles. The number of ether oxygens (including phenoxy) is 1. The lowest BCUT2D eigenvalue weighted by molar-refractivity contribution is -0.145. The number of fused-ring (bicyclic) bond motifs is 3. The predicted molar refractivity (Wildman–Crippen MR) is 122 cm³/mol. The molecule has 6 heteroatoms. The van der Waals surface area contributed by atoms with Crippen LogP contribution in [0.3, 0.4) is 0 Å². The maximum Gasteiger partial charge on any atom is 0.237 e. The Labute approximate surface area is 196 Å². The molecule has 0 bridgehead atoms. The van der Waals surface area contributed by atoms with Gasteiger partial charge in [0.1, 0.15) is 0 Å². The minimum Gasteiger partial charge on any atom is -0.349 e. The van der Waals surface area contributed by atoms with Crippen molar-refractivity contribution in [3.05, 3.63) is 107 Å². The number of imide groups is 1. The van der Waals surface area contributed by atoms with Gasteiger partial charge in [-0.05, 0) is 18.1 Å². The Morgan fingerprint density at radius 3 is 1.97 bits per heavy atom. The number of hydrogen-bond donors (Lipinski definition) is 0. The summed E-state index contributed by atoms with van der Waals surface area (Å²) in [6.45, 7) is 2.02. The number of hydrogen-bond acceptors (Lipinski definition) is 5. The molecule has 2 amide bonds. The van der Waals surface area contributed by atoms with Gasteiger partial charge in [-0.3, -0.25) is 24.1 Å². The topological polar surface area (TPSA) is 80.8 Å². The molecule has 2 aliphatic heterocycles. The minimum atomic E-state index is -2.03. The third kappa shape index (κ3) is 2.66. The van der Waals surface area contributed by atoms with Crippen molar-refractivity contribution in [2.45, 2.75) is 25.2 Å². The van der Waals surface area contributed by atoms with Gasteiger partial charge in [0.05, 0.1) is 24.5 Å². The van der Waals surface area contributed by atoms with Crippen LogP contribution in [0.1, 0.15) is 43.5 Å². The first kappa shape index (κ1) is 20.7. The van der Waals surface area contributed by atoms with Crippen LogP contribution in [0.25, 0.3) is 0 Å². The maximum absolute atomic E-state index is 13.8. The zero-order valence-corrected chi connectivity index (χ0v) is 18.4. The Kier molecular flexibility index (Phi) is 4.44. The van der Waals surface area contributed by atoms with E-state index in [4.69, 9.17) is 4.74 Å². The smallest absolute Gasteiger partial charge is 0.237 e. The Morgan fingerprint density at radius 2 is 1.35 bits per heavy atom. The number of carbonyl (C=O) groups is 4. The first-order valence-corrected chi connectivity index (χ1v) is 11.3. The van der Waals surface area contributed by atoms with Crippen molar-refractivity contribution in [3.63, 3.8) is 0 Å². The largest absolute Gasteiger partial charge is 0.349 e. The Balaban J connectivity index is 1.49. The van der Waals surface area contributed by atoms with E-state index in [9.17, 15) is 19.2 Å². The van der Waals surface area contributed by atoms with Crippen LogP contribution < -0.4 is 0 Å². The van der Waals surface area contributed by atoms with E-state index in [2.05, 4.69) is 0 Å². The van der Waals surface area contributed by atoms with E-state index in [1.807, 2.05) is 61.5 Å². The van der Waals surface area contributed by atoms with Gasteiger partial charge in [0.25, 0.3) is 0 Å². The van der Waals surface area contributed by atoms with Crippen molar-refractivity contribution in [3.8, 4) is 0 Å². The summed E-state index contributed by atoms with van der Waals surface area (Å²) in [7, 11) is 0. The summed E-state index contributed by atoms with van der Waals surface area (Å²) in [6, 6.07) is 23.1. The Bertz CT molecular complexity index is 1330. The number of amides is 2. The van der Waals surface area contributed by atoms with E-state index in [-0.39, 0.29) is 17.7 Å². The first-order valence-electron chi connectivity index (χ1n) is 11.3. The monoisotopic (exact) mass is 451 g/mol. The third-order valence-electron chi connectivity index (χ3n) is 7.20. The number of ketones is 2. The zero-order valence-electron chi connectivity index (χ0n) is 18.4. The molecule has 0 aromatic heterocycles. The highest BCUT2D eigenvalue weighted by atomic mass is 16.5. The summed E-state index contributed by atoms with van der Waals surface area (Å²) in [6.07, 6.45) is -0.884. The van der Waals surface area contributed by atoms with E-state index in [1.54, 1.807) is 24.3 Å². The van der Waals surface area contributed by atoms with E-state index >= 15 is 0 Å². The van der Waals surface area contributed by atoms with Gasteiger partial charge in [-0.15, -0.1) is 0 Å². The van der Waals surface area contributed by atoms with E-state index in [1.165, 1.54) is 4.90 Å². The molecule has 34 heavy (non-hydrogen) atoms. The van der Waals surface area contributed by atoms with Gasteiger partial charge < -0.3 is 4.74 Å². The summed E-state index contributed by atoms with van der Waals surface area (Å²) in [4.78, 5) is 56.0. The van der Waals surface area contributed by atoms with Crippen LogP contribution in [-0.4, -0.2) is 33.9 Å². The standard InChI is InChI=1S/C28H21NO5/c1-16-11-13-18(14-12-16)23-21-22(27(33)29(26(21)32)15-17-7-3-2-4-8-17)28(34-23)24(30)19-9-5-6-10-20(19)25(28)31/h2-14,21-23H,15H2,1H3/t21-,22-,23+/m0/s1. The summed E-state index contributed by atoms with van der Waals surface area (Å²) in [5.41, 5.74) is 0.917. The van der Waals surface area contributed by atoms with Crippen molar-refractivity contribution in [2.24, 2.45) is 11.8 Å². The molecule has 3 atom stereocenters. The maximum atomic E-state index is 13.8. The molecular formula is C28H21NO5. The number of likely N-dealkylation sites (tertiary alicyclic amines) is 1. The summed E-state index contributed by atoms with van der Waals surface area (Å²) < 4.78 is 6.28. The molecule has 6 nitrogen and oxygen atoms in total. The fourth-order valence-electron chi connectivity index (χ4n) is 5.56. The summed E-state index contributed by atoms with van der Waals surface area (Å²) >= 11 is 0. The predicted octanol–water partition coefficient (Wildman–Crippen LogP) is 3.69. The molecule has 2 fully saturated rings. The highest BCUT2D eigenvalue weighted by Crippen LogP contribution is 2.57. The lowest BCUT2D eigenvalue weighted by atomic mass is 9.77. The third-order valence-corrected chi connectivity index (χ3v) is 7.20. The van der Waals surface area contributed by atoms with Gasteiger partial charge in [0.15, 0.2) is 0 Å². The van der Waals surface area contributed by atoms with E-state index in [0.717, 1.165) is 11.1 Å². The van der Waals surface area contributed by atoms with Gasteiger partial charge in [-0.2, -0.15) is 0 Å². The van der Waals surface area contributed by atoms with Crippen LogP contribution in [-0.2, 0) is 20.9 Å². The van der Waals surface area contributed by atoms with Crippen LogP contribution in [0, 0.1) is 18.8 Å². The number of nitrogens with zero attached hydrogens (tertiary/aromatic N) is 1. The van der Waals surface area contributed by atoms with Crippen molar-refractivity contribution in [1.82, 2.24) is 4.90 Å². The number of carbonyl (C=O) groups excluding carboxylic acids is 4. The molecule has 0 radical (unpaired) electrons. The fraction of sp³-hybridized carbons (Fsp3) is 0.214. The molecule has 3 aromatic rings. The van der Waals surface area contributed by atoms with Crippen LogP contribution in [0.15, 0.2) is 78.9 Å². The lowest BCUT2D eigenvalue weighted by Crippen LogP contribution is -2.50. The molecule has 0 saturated carbocycles. The molecule has 0 unspecified atom stereocenters. The number of Topliss-reactive ketones (excluding diaryl/α,β-unsaturated/α-hetero) is 2. The van der Waals surface area contributed by atoms with Crippen molar-refractivity contribution >= 4 is 23.4 Å². The zero-order chi connectivity index (χ0) is 23.6. The summed E-state index contributed by atoms with van der Waals surface area (Å²) in [5.74, 6) is -4.20. The van der Waals surface area contributed by atoms with Gasteiger partial charge >= 0.3 is 0 Å². The van der Waals surface area contributed by atoms with Crippen LogP contribution >= 0.6 is 0 Å². The molecule has 0 N–H and O–H groups in total.